The molecule has 0 bridgehead atoms. The standard InChI is InChI=1S/C42H29FN4S/c1-42(2)32-10-4-6-12-37(32)48-38-24-36-30(23-33(38)42)29-17-15-26(22-35(29)47(36)39-13-7-8-18-44-39)40(43)25-14-16-27-28-9-3-5-11-34(28)46-20-19-45-41(46)31(27)21-25/h3-24,40H,1-2H3. The van der Waals surface area contributed by atoms with Gasteiger partial charge in [-0.3, -0.25) is 8.97 Å². The van der Waals surface area contributed by atoms with Crippen LogP contribution in [0.4, 0.5) is 4.39 Å². The lowest BCUT2D eigenvalue weighted by molar-refractivity contribution is 0.402. The first-order valence-corrected chi connectivity index (χ1v) is 17.0. The van der Waals surface area contributed by atoms with Crippen LogP contribution in [0.3, 0.4) is 0 Å². The second-order valence-electron chi connectivity index (χ2n) is 13.2. The Morgan fingerprint density at radius 1 is 0.604 bits per heavy atom. The molecule has 5 aromatic carbocycles. The Hall–Kier alpha value is -5.46. The lowest BCUT2D eigenvalue weighted by Crippen LogP contribution is -2.23. The smallest absolute Gasteiger partial charge is 0.150 e. The van der Waals surface area contributed by atoms with Crippen LogP contribution < -0.4 is 0 Å². The predicted octanol–water partition coefficient (Wildman–Crippen LogP) is 11.0. The minimum atomic E-state index is -1.33. The Balaban J connectivity index is 1.17. The fourth-order valence-electron chi connectivity index (χ4n) is 7.80. The summed E-state index contributed by atoms with van der Waals surface area (Å²) in [6.07, 6.45) is 4.27. The van der Waals surface area contributed by atoms with Crippen molar-refractivity contribution >= 4 is 60.9 Å². The average Bonchev–Trinajstić information content (AvgIpc) is 3.74. The first-order chi connectivity index (χ1) is 23.5. The van der Waals surface area contributed by atoms with E-state index in [1.807, 2.05) is 84.8 Å². The molecular formula is C42H29FN4S. The minimum absolute atomic E-state index is 0.156. The van der Waals surface area contributed by atoms with Crippen LogP contribution in [0.5, 0.6) is 0 Å². The van der Waals surface area contributed by atoms with Crippen LogP contribution >= 0.6 is 11.8 Å². The average molecular weight is 641 g/mol. The van der Waals surface area contributed by atoms with Crippen molar-refractivity contribution in [1.82, 2.24) is 18.9 Å². The van der Waals surface area contributed by atoms with Gasteiger partial charge in [-0.25, -0.2) is 14.4 Å². The van der Waals surface area contributed by atoms with E-state index in [0.29, 0.717) is 11.1 Å². The van der Waals surface area contributed by atoms with E-state index in [9.17, 15) is 0 Å². The molecule has 0 N–H and O–H groups in total. The number of alkyl halides is 1. The summed E-state index contributed by atoms with van der Waals surface area (Å²) in [7, 11) is 0. The number of hydrogen-bond donors (Lipinski definition) is 0. The summed E-state index contributed by atoms with van der Waals surface area (Å²) in [5, 5.41) is 5.35. The van der Waals surface area contributed by atoms with Crippen molar-refractivity contribution in [1.29, 1.82) is 0 Å². The van der Waals surface area contributed by atoms with E-state index in [1.165, 1.54) is 20.9 Å². The molecule has 0 aliphatic carbocycles. The summed E-state index contributed by atoms with van der Waals surface area (Å²) in [4.78, 5) is 12.0. The summed E-state index contributed by atoms with van der Waals surface area (Å²) in [5.41, 5.74) is 7.62. The van der Waals surface area contributed by atoms with Crippen LogP contribution in [0.25, 0.3) is 54.9 Å². The molecule has 1 aliphatic heterocycles. The van der Waals surface area contributed by atoms with Gasteiger partial charge in [0.25, 0.3) is 0 Å². The Morgan fingerprint density at radius 2 is 1.35 bits per heavy atom. The number of hydrogen-bond acceptors (Lipinski definition) is 3. The van der Waals surface area contributed by atoms with Gasteiger partial charge in [0.2, 0.25) is 0 Å². The van der Waals surface area contributed by atoms with E-state index in [1.54, 1.807) is 6.20 Å². The first-order valence-electron chi connectivity index (χ1n) is 16.2. The van der Waals surface area contributed by atoms with Crippen molar-refractivity contribution in [2.75, 3.05) is 0 Å². The number of halogens is 1. The molecule has 9 aromatic rings. The summed E-state index contributed by atoms with van der Waals surface area (Å²) >= 11 is 1.82. The van der Waals surface area contributed by atoms with Gasteiger partial charge in [-0.2, -0.15) is 0 Å². The highest BCUT2D eigenvalue weighted by Gasteiger charge is 2.34. The third-order valence-electron chi connectivity index (χ3n) is 10.2. The molecule has 10 rings (SSSR count). The molecule has 0 fully saturated rings. The monoisotopic (exact) mass is 640 g/mol. The van der Waals surface area contributed by atoms with Crippen LogP contribution in [0.15, 0.2) is 144 Å². The molecule has 0 saturated carbocycles. The maximum Gasteiger partial charge on any atom is 0.150 e. The fourth-order valence-corrected chi connectivity index (χ4v) is 9.21. The van der Waals surface area contributed by atoms with Gasteiger partial charge in [-0.15, -0.1) is 0 Å². The maximum absolute atomic E-state index is 16.8. The maximum atomic E-state index is 16.8. The van der Waals surface area contributed by atoms with E-state index in [0.717, 1.165) is 54.9 Å². The highest BCUT2D eigenvalue weighted by atomic mass is 32.2. The lowest BCUT2D eigenvalue weighted by Gasteiger charge is -2.34. The Bertz CT molecular complexity index is 2760. The van der Waals surface area contributed by atoms with Crippen molar-refractivity contribution < 1.29 is 4.39 Å². The van der Waals surface area contributed by atoms with E-state index < -0.39 is 6.17 Å². The highest BCUT2D eigenvalue weighted by molar-refractivity contribution is 7.99. The molecule has 48 heavy (non-hydrogen) atoms. The number of rotatable bonds is 3. The fraction of sp³-hybridized carbons (Fsp3) is 0.0952. The summed E-state index contributed by atoms with van der Waals surface area (Å²) < 4.78 is 21.1. The zero-order valence-electron chi connectivity index (χ0n) is 26.4. The van der Waals surface area contributed by atoms with Gasteiger partial charge in [-0.05, 0) is 76.2 Å². The van der Waals surface area contributed by atoms with Gasteiger partial charge in [0, 0.05) is 55.3 Å². The van der Waals surface area contributed by atoms with Crippen molar-refractivity contribution in [2.24, 2.45) is 0 Å². The van der Waals surface area contributed by atoms with E-state index >= 15 is 4.39 Å². The third-order valence-corrected chi connectivity index (χ3v) is 11.3. The second kappa shape index (κ2) is 10.0. The summed E-state index contributed by atoms with van der Waals surface area (Å²) in [5.74, 6) is 0.810. The topological polar surface area (TPSA) is 35.1 Å². The molecule has 4 nitrogen and oxygen atoms in total. The largest absolute Gasteiger partial charge is 0.299 e. The second-order valence-corrected chi connectivity index (χ2v) is 14.3. The Morgan fingerprint density at radius 3 is 2.23 bits per heavy atom. The Labute approximate surface area is 280 Å². The first kappa shape index (κ1) is 27.6. The van der Waals surface area contributed by atoms with Crippen molar-refractivity contribution in [2.45, 2.75) is 35.2 Å². The molecule has 1 aliphatic rings. The van der Waals surface area contributed by atoms with Crippen molar-refractivity contribution in [3.63, 3.8) is 0 Å². The van der Waals surface area contributed by atoms with E-state index in [-0.39, 0.29) is 5.41 Å². The molecule has 5 heterocycles. The van der Waals surface area contributed by atoms with Crippen LogP contribution in [-0.2, 0) is 5.41 Å². The molecule has 6 heteroatoms. The number of imidazole rings is 1. The van der Waals surface area contributed by atoms with Gasteiger partial charge in [0.15, 0.2) is 6.17 Å². The van der Waals surface area contributed by atoms with Crippen LogP contribution in [0.1, 0.15) is 42.3 Å². The summed E-state index contributed by atoms with van der Waals surface area (Å²) in [6.45, 7) is 4.62. The van der Waals surface area contributed by atoms with Gasteiger partial charge < -0.3 is 0 Å². The molecule has 230 valence electrons. The minimum Gasteiger partial charge on any atom is -0.299 e. The van der Waals surface area contributed by atoms with Crippen molar-refractivity contribution in [3.05, 3.63) is 156 Å². The number of nitrogens with zero attached hydrogens (tertiary/aromatic N) is 4. The molecule has 0 saturated heterocycles. The zero-order valence-corrected chi connectivity index (χ0v) is 27.2. The number of benzene rings is 5. The third kappa shape index (κ3) is 3.84. The molecule has 4 aromatic heterocycles. The van der Waals surface area contributed by atoms with Crippen LogP contribution in [-0.4, -0.2) is 18.9 Å². The molecule has 1 unspecified atom stereocenters. The quantitative estimate of drug-likeness (QED) is 0.180. The van der Waals surface area contributed by atoms with Crippen LogP contribution in [0.2, 0.25) is 0 Å². The molecule has 0 spiro atoms. The zero-order chi connectivity index (χ0) is 32.1. The number of fused-ring (bicyclic) bond motifs is 11. The molecular weight excluding hydrogens is 612 g/mol. The van der Waals surface area contributed by atoms with E-state index in [4.69, 9.17) is 4.98 Å². The summed E-state index contributed by atoms with van der Waals surface area (Å²) in [6, 6.07) is 39.6. The molecule has 0 amide bonds. The predicted molar refractivity (Wildman–Crippen MR) is 194 cm³/mol. The molecule has 1 atom stereocenters. The number of para-hydroxylation sites is 1. The Kier molecular flexibility index (Phi) is 5.77. The lowest BCUT2D eigenvalue weighted by atomic mass is 9.77. The van der Waals surface area contributed by atoms with Crippen molar-refractivity contribution in [3.8, 4) is 5.82 Å². The highest BCUT2D eigenvalue weighted by Crippen LogP contribution is 2.51. The van der Waals surface area contributed by atoms with Gasteiger partial charge >= 0.3 is 0 Å². The van der Waals surface area contributed by atoms with Gasteiger partial charge in [-0.1, -0.05) is 92.3 Å². The molecule has 0 radical (unpaired) electrons. The SMILES string of the molecule is CC1(C)c2ccccc2Sc2cc3c(cc21)c1ccc(C(F)c2ccc4c5ccccc5n5ccnc5c4c2)cc1n3-c1ccccn1. The van der Waals surface area contributed by atoms with E-state index in [2.05, 4.69) is 82.4 Å². The number of pyridine rings is 2. The van der Waals surface area contributed by atoms with Crippen LogP contribution in [0, 0.1) is 0 Å². The number of aromatic nitrogens is 4. The van der Waals surface area contributed by atoms with Gasteiger partial charge in [0.1, 0.15) is 11.5 Å². The van der Waals surface area contributed by atoms with Gasteiger partial charge in [0.05, 0.1) is 16.6 Å². The normalized spacial score (nSPS) is 14.6.